The summed E-state index contributed by atoms with van der Waals surface area (Å²) in [7, 11) is 3.00. The Hall–Kier alpha value is -2.31. The molecule has 0 bridgehead atoms. The number of rotatable bonds is 5. The number of hydrogen-bond acceptors (Lipinski definition) is 5. The number of methoxy groups -OCH3 is 2. The van der Waals surface area contributed by atoms with Gasteiger partial charge in [0.1, 0.15) is 11.5 Å². The third-order valence-corrected chi connectivity index (χ3v) is 4.55. The SMILES string of the molecule is COc1cc(NC(=O)Cc2cc(Cl)c3c(c2)OCCCO3)c(OC)cc1Cl. The molecule has 1 N–H and O–H groups in total. The van der Waals surface area contributed by atoms with Gasteiger partial charge in [0.2, 0.25) is 5.91 Å². The van der Waals surface area contributed by atoms with Gasteiger partial charge in [0.25, 0.3) is 0 Å². The zero-order valence-corrected chi connectivity index (χ0v) is 16.4. The van der Waals surface area contributed by atoms with E-state index in [1.54, 1.807) is 24.3 Å². The molecule has 0 aromatic heterocycles. The molecule has 0 saturated heterocycles. The second kappa shape index (κ2) is 8.59. The molecule has 3 rings (SSSR count). The fourth-order valence-corrected chi connectivity index (χ4v) is 3.24. The topological polar surface area (TPSA) is 66.0 Å². The number of anilines is 1. The minimum absolute atomic E-state index is 0.102. The molecule has 2 aromatic carbocycles. The van der Waals surface area contributed by atoms with Crippen LogP contribution in [0.1, 0.15) is 12.0 Å². The van der Waals surface area contributed by atoms with Crippen molar-refractivity contribution >= 4 is 34.8 Å². The highest BCUT2D eigenvalue weighted by Gasteiger charge is 2.18. The van der Waals surface area contributed by atoms with Crippen LogP contribution in [-0.2, 0) is 11.2 Å². The van der Waals surface area contributed by atoms with E-state index in [9.17, 15) is 4.79 Å². The third kappa shape index (κ3) is 4.51. The Balaban J connectivity index is 1.79. The Kier molecular flexibility index (Phi) is 6.19. The Morgan fingerprint density at radius 3 is 2.52 bits per heavy atom. The van der Waals surface area contributed by atoms with Gasteiger partial charge >= 0.3 is 0 Å². The number of ether oxygens (including phenoxy) is 4. The summed E-state index contributed by atoms with van der Waals surface area (Å²) in [5.41, 5.74) is 1.17. The van der Waals surface area contributed by atoms with Crippen LogP contribution in [-0.4, -0.2) is 33.3 Å². The lowest BCUT2D eigenvalue weighted by Crippen LogP contribution is -2.15. The third-order valence-electron chi connectivity index (χ3n) is 3.97. The number of hydrogen-bond donors (Lipinski definition) is 1. The Bertz CT molecular complexity index is 856. The highest BCUT2D eigenvalue weighted by Crippen LogP contribution is 2.39. The monoisotopic (exact) mass is 411 g/mol. The lowest BCUT2D eigenvalue weighted by Gasteiger charge is -2.14. The molecule has 1 aliphatic heterocycles. The molecule has 144 valence electrons. The summed E-state index contributed by atoms with van der Waals surface area (Å²) in [4.78, 5) is 12.5. The number of fused-ring (bicyclic) bond motifs is 1. The van der Waals surface area contributed by atoms with Gasteiger partial charge in [-0.3, -0.25) is 4.79 Å². The van der Waals surface area contributed by atoms with Crippen molar-refractivity contribution in [1.29, 1.82) is 0 Å². The van der Waals surface area contributed by atoms with E-state index in [4.69, 9.17) is 42.1 Å². The fourth-order valence-electron chi connectivity index (χ4n) is 2.72. The standard InChI is InChI=1S/C19H19Cl2NO5/c1-24-15-10-14(16(25-2)9-12(15)20)22-18(23)8-11-6-13(21)19-17(7-11)26-4-3-5-27-19/h6-7,9-10H,3-5,8H2,1-2H3,(H,22,23). The number of carbonyl (C=O) groups excluding carboxylic acids is 1. The molecule has 0 atom stereocenters. The maximum atomic E-state index is 12.5. The van der Waals surface area contributed by atoms with E-state index in [-0.39, 0.29) is 12.3 Å². The molecule has 0 aliphatic carbocycles. The van der Waals surface area contributed by atoms with Crippen molar-refractivity contribution in [2.24, 2.45) is 0 Å². The number of carbonyl (C=O) groups is 1. The molecule has 0 fully saturated rings. The predicted octanol–water partition coefficient (Wildman–Crippen LogP) is 4.35. The van der Waals surface area contributed by atoms with Crippen LogP contribution in [0, 0.1) is 0 Å². The fraction of sp³-hybridized carbons (Fsp3) is 0.316. The highest BCUT2D eigenvalue weighted by molar-refractivity contribution is 6.32. The zero-order chi connectivity index (χ0) is 19.4. The van der Waals surface area contributed by atoms with Crippen molar-refractivity contribution in [2.45, 2.75) is 12.8 Å². The molecular weight excluding hydrogens is 393 g/mol. The van der Waals surface area contributed by atoms with E-state index in [0.717, 1.165) is 6.42 Å². The average Bonchev–Trinajstić information content (AvgIpc) is 2.88. The van der Waals surface area contributed by atoms with E-state index < -0.39 is 0 Å². The first-order valence-electron chi connectivity index (χ1n) is 8.31. The summed E-state index contributed by atoms with van der Waals surface area (Å²) in [6.07, 6.45) is 0.878. The Morgan fingerprint density at radius 2 is 1.78 bits per heavy atom. The molecular formula is C19H19Cl2NO5. The van der Waals surface area contributed by atoms with Crippen molar-refractivity contribution < 1.29 is 23.7 Å². The number of nitrogens with one attached hydrogen (secondary N) is 1. The van der Waals surface area contributed by atoms with Gasteiger partial charge in [-0.05, 0) is 17.7 Å². The van der Waals surface area contributed by atoms with Crippen LogP contribution in [0.2, 0.25) is 10.0 Å². The van der Waals surface area contributed by atoms with Crippen molar-refractivity contribution in [3.8, 4) is 23.0 Å². The van der Waals surface area contributed by atoms with Crippen LogP contribution in [0.25, 0.3) is 0 Å². The van der Waals surface area contributed by atoms with Gasteiger partial charge in [-0.1, -0.05) is 23.2 Å². The van der Waals surface area contributed by atoms with E-state index >= 15 is 0 Å². The van der Waals surface area contributed by atoms with Crippen molar-refractivity contribution in [3.05, 3.63) is 39.9 Å². The van der Waals surface area contributed by atoms with Gasteiger partial charge in [-0.25, -0.2) is 0 Å². The summed E-state index contributed by atoms with van der Waals surface area (Å²) in [5, 5.41) is 3.62. The molecule has 27 heavy (non-hydrogen) atoms. The summed E-state index contributed by atoms with van der Waals surface area (Å²) in [6, 6.07) is 6.67. The first-order valence-corrected chi connectivity index (χ1v) is 9.06. The second-order valence-corrected chi connectivity index (χ2v) is 6.68. The smallest absolute Gasteiger partial charge is 0.228 e. The largest absolute Gasteiger partial charge is 0.495 e. The van der Waals surface area contributed by atoms with Gasteiger partial charge in [-0.2, -0.15) is 0 Å². The van der Waals surface area contributed by atoms with E-state index in [0.29, 0.717) is 57.5 Å². The number of benzene rings is 2. The van der Waals surface area contributed by atoms with E-state index in [1.807, 2.05) is 0 Å². The van der Waals surface area contributed by atoms with Gasteiger partial charge in [0.15, 0.2) is 11.5 Å². The van der Waals surface area contributed by atoms with Crippen LogP contribution in [0.15, 0.2) is 24.3 Å². The summed E-state index contributed by atoms with van der Waals surface area (Å²) < 4.78 is 21.7. The quantitative estimate of drug-likeness (QED) is 0.791. The Morgan fingerprint density at radius 1 is 1.04 bits per heavy atom. The summed E-state index contributed by atoms with van der Waals surface area (Å²) in [5.74, 6) is 1.69. The van der Waals surface area contributed by atoms with Crippen molar-refractivity contribution in [1.82, 2.24) is 0 Å². The molecule has 1 amide bonds. The van der Waals surface area contributed by atoms with Gasteiger partial charge in [0.05, 0.1) is 49.6 Å². The maximum Gasteiger partial charge on any atom is 0.228 e. The van der Waals surface area contributed by atoms with Crippen molar-refractivity contribution in [2.75, 3.05) is 32.8 Å². The zero-order valence-electron chi connectivity index (χ0n) is 14.9. The lowest BCUT2D eigenvalue weighted by molar-refractivity contribution is -0.115. The van der Waals surface area contributed by atoms with Gasteiger partial charge < -0.3 is 24.3 Å². The minimum atomic E-state index is -0.247. The first-order chi connectivity index (χ1) is 13.0. The summed E-state index contributed by atoms with van der Waals surface area (Å²) in [6.45, 7) is 1.09. The molecule has 6 nitrogen and oxygen atoms in total. The predicted molar refractivity (Wildman–Crippen MR) is 104 cm³/mol. The van der Waals surface area contributed by atoms with Gasteiger partial charge in [0, 0.05) is 18.6 Å². The van der Waals surface area contributed by atoms with Crippen LogP contribution in [0.4, 0.5) is 5.69 Å². The van der Waals surface area contributed by atoms with E-state index in [1.165, 1.54) is 14.2 Å². The van der Waals surface area contributed by atoms with Crippen LogP contribution in [0.5, 0.6) is 23.0 Å². The van der Waals surface area contributed by atoms with Crippen LogP contribution in [0.3, 0.4) is 0 Å². The molecule has 1 aliphatic rings. The normalized spacial score (nSPS) is 12.9. The molecule has 0 saturated carbocycles. The molecule has 8 heteroatoms. The summed E-state index contributed by atoms with van der Waals surface area (Å²) >= 11 is 12.4. The molecule has 0 radical (unpaired) electrons. The molecule has 2 aromatic rings. The lowest BCUT2D eigenvalue weighted by atomic mass is 10.1. The molecule has 0 spiro atoms. The minimum Gasteiger partial charge on any atom is -0.495 e. The number of halogens is 2. The second-order valence-electron chi connectivity index (χ2n) is 5.87. The van der Waals surface area contributed by atoms with Gasteiger partial charge in [-0.15, -0.1) is 0 Å². The highest BCUT2D eigenvalue weighted by atomic mass is 35.5. The van der Waals surface area contributed by atoms with Crippen LogP contribution < -0.4 is 24.3 Å². The first kappa shape index (κ1) is 19.5. The Labute approximate surface area is 167 Å². The maximum absolute atomic E-state index is 12.5. The molecule has 0 unspecified atom stereocenters. The van der Waals surface area contributed by atoms with Crippen molar-refractivity contribution in [3.63, 3.8) is 0 Å². The van der Waals surface area contributed by atoms with Crippen LogP contribution >= 0.6 is 23.2 Å². The van der Waals surface area contributed by atoms with E-state index in [2.05, 4.69) is 5.32 Å². The molecule has 1 heterocycles. The average molecular weight is 412 g/mol. The number of amides is 1.